The number of carbonyl (C=O) groups excluding carboxylic acids is 1. The van der Waals surface area contributed by atoms with E-state index in [0.29, 0.717) is 11.8 Å². The average molecular weight is 371 g/mol. The van der Waals surface area contributed by atoms with Gasteiger partial charge in [0, 0.05) is 18.0 Å². The molecule has 130 valence electrons. The molecule has 0 atom stereocenters. The van der Waals surface area contributed by atoms with Gasteiger partial charge in [-0.15, -0.1) is 0 Å². The number of amides is 1. The number of aromatic nitrogens is 1. The second kappa shape index (κ2) is 7.27. The van der Waals surface area contributed by atoms with Crippen LogP contribution in [0.4, 0.5) is 24.7 Å². The summed E-state index contributed by atoms with van der Waals surface area (Å²) >= 11 is 5.50. The molecule has 0 radical (unpaired) electrons. The molecule has 0 aliphatic rings. The number of nitrogens with zero attached hydrogens (tertiary/aromatic N) is 2. The normalized spacial score (nSPS) is 11.8. The van der Waals surface area contributed by atoms with Crippen molar-refractivity contribution >= 4 is 29.0 Å². The Labute approximate surface area is 144 Å². The molecule has 0 fully saturated rings. The highest BCUT2D eigenvalue weighted by Gasteiger charge is 2.33. The first-order chi connectivity index (χ1) is 11.7. The zero-order valence-electron chi connectivity index (χ0n) is 12.6. The minimum Gasteiger partial charge on any atom is -0.360 e. The number of rotatable bonds is 4. The molecule has 1 aromatic heterocycles. The lowest BCUT2D eigenvalue weighted by atomic mass is 10.2. The molecule has 2 rings (SSSR count). The molecule has 2 N–H and O–H groups in total. The van der Waals surface area contributed by atoms with Crippen LogP contribution in [-0.4, -0.2) is 11.1 Å². The summed E-state index contributed by atoms with van der Waals surface area (Å²) in [6.45, 7) is 1.65. The number of benzene rings is 1. The minimum atomic E-state index is -4.67. The van der Waals surface area contributed by atoms with Gasteiger partial charge in [0.2, 0.25) is 0 Å². The zero-order chi connectivity index (χ0) is 18.6. The van der Waals surface area contributed by atoms with Crippen molar-refractivity contribution in [1.82, 2.24) is 5.16 Å². The number of anilines is 2. The fourth-order valence-corrected chi connectivity index (χ4v) is 1.97. The summed E-state index contributed by atoms with van der Waals surface area (Å²) in [6, 6.07) is 6.04. The predicted octanol–water partition coefficient (Wildman–Crippen LogP) is 4.11. The summed E-state index contributed by atoms with van der Waals surface area (Å²) in [6.07, 6.45) is -3.61. The number of carbonyl (C=O) groups is 1. The Kier molecular flexibility index (Phi) is 5.34. The largest absolute Gasteiger partial charge is 0.417 e. The van der Waals surface area contributed by atoms with Gasteiger partial charge < -0.3 is 15.2 Å². The van der Waals surface area contributed by atoms with E-state index in [4.69, 9.17) is 21.4 Å². The van der Waals surface area contributed by atoms with Crippen molar-refractivity contribution in [2.24, 2.45) is 0 Å². The second-order valence-corrected chi connectivity index (χ2v) is 5.19. The van der Waals surface area contributed by atoms with Gasteiger partial charge in [0.1, 0.15) is 17.4 Å². The summed E-state index contributed by atoms with van der Waals surface area (Å²) in [5, 5.41) is 16.9. The van der Waals surface area contributed by atoms with E-state index in [1.54, 1.807) is 13.0 Å². The fraction of sp³-hybridized carbons (Fsp3) is 0.133. The van der Waals surface area contributed by atoms with Gasteiger partial charge in [-0.2, -0.15) is 18.4 Å². The number of nitrogens with one attached hydrogen (secondary N) is 2. The highest BCUT2D eigenvalue weighted by Crippen LogP contribution is 2.36. The number of hydrogen-bond acceptors (Lipinski definition) is 5. The van der Waals surface area contributed by atoms with E-state index in [9.17, 15) is 18.0 Å². The maximum Gasteiger partial charge on any atom is 0.417 e. The number of hydrogen-bond donors (Lipinski definition) is 2. The van der Waals surface area contributed by atoms with Gasteiger partial charge in [0.25, 0.3) is 5.91 Å². The lowest BCUT2D eigenvalue weighted by molar-refractivity contribution is -0.137. The Morgan fingerprint density at radius 2 is 2.12 bits per heavy atom. The predicted molar refractivity (Wildman–Crippen MR) is 83.6 cm³/mol. The van der Waals surface area contributed by atoms with Crippen molar-refractivity contribution in [2.45, 2.75) is 13.1 Å². The van der Waals surface area contributed by atoms with Gasteiger partial charge in [-0.3, -0.25) is 4.79 Å². The van der Waals surface area contributed by atoms with E-state index in [0.717, 1.165) is 12.3 Å². The molecule has 0 saturated carbocycles. The number of alkyl halides is 3. The van der Waals surface area contributed by atoms with Crippen LogP contribution in [0.1, 0.15) is 11.3 Å². The second-order valence-electron chi connectivity index (χ2n) is 4.78. The van der Waals surface area contributed by atoms with Gasteiger partial charge in [0.05, 0.1) is 10.6 Å². The molecule has 0 unspecified atom stereocenters. The molecular weight excluding hydrogens is 361 g/mol. The molecule has 0 aliphatic heterocycles. The van der Waals surface area contributed by atoms with Crippen LogP contribution in [0.15, 0.2) is 40.6 Å². The summed E-state index contributed by atoms with van der Waals surface area (Å²) in [5.41, 5.74) is -1.62. The molecule has 1 heterocycles. The molecule has 25 heavy (non-hydrogen) atoms. The van der Waals surface area contributed by atoms with Crippen LogP contribution < -0.4 is 10.6 Å². The van der Waals surface area contributed by atoms with E-state index in [-0.39, 0.29) is 17.1 Å². The number of halogens is 4. The van der Waals surface area contributed by atoms with Gasteiger partial charge in [0.15, 0.2) is 5.82 Å². The Balaban J connectivity index is 2.16. The topological polar surface area (TPSA) is 91.0 Å². The fourth-order valence-electron chi connectivity index (χ4n) is 1.75. The van der Waals surface area contributed by atoms with Crippen LogP contribution in [0.5, 0.6) is 0 Å². The SMILES string of the molecule is Cc1cc(N/C=C(/C#N)C(=O)Nc2ccc(Cl)c(C(F)(F)F)c2)no1. The zero-order valence-corrected chi connectivity index (χ0v) is 13.4. The first-order valence-electron chi connectivity index (χ1n) is 6.69. The Bertz CT molecular complexity index is 868. The van der Waals surface area contributed by atoms with Gasteiger partial charge in [-0.1, -0.05) is 16.8 Å². The molecule has 1 aromatic carbocycles. The van der Waals surface area contributed by atoms with E-state index in [1.807, 2.05) is 0 Å². The van der Waals surface area contributed by atoms with Crippen molar-refractivity contribution in [3.63, 3.8) is 0 Å². The maximum atomic E-state index is 12.8. The maximum absolute atomic E-state index is 12.8. The molecule has 2 aromatic rings. The monoisotopic (exact) mass is 370 g/mol. The van der Waals surface area contributed by atoms with Gasteiger partial charge >= 0.3 is 6.18 Å². The third-order valence-corrected chi connectivity index (χ3v) is 3.22. The molecule has 0 aliphatic carbocycles. The highest BCUT2D eigenvalue weighted by molar-refractivity contribution is 6.31. The Morgan fingerprint density at radius 3 is 2.68 bits per heavy atom. The lowest BCUT2D eigenvalue weighted by Crippen LogP contribution is -2.15. The molecule has 1 amide bonds. The Morgan fingerprint density at radius 1 is 1.40 bits per heavy atom. The quantitative estimate of drug-likeness (QED) is 0.624. The molecule has 0 bridgehead atoms. The number of aryl methyl sites for hydroxylation is 1. The molecule has 6 nitrogen and oxygen atoms in total. The standard InChI is InChI=1S/C15H10ClF3N4O2/c1-8-4-13(23-25-8)21-7-9(6-20)14(24)22-10-2-3-12(16)11(5-10)15(17,18)19/h2-5,7H,1H3,(H,21,23)(H,22,24)/b9-7-. The first kappa shape index (κ1) is 18.4. The van der Waals surface area contributed by atoms with Crippen molar-refractivity contribution < 1.29 is 22.5 Å². The summed E-state index contributed by atoms with van der Waals surface area (Å²) < 4.78 is 43.2. The van der Waals surface area contributed by atoms with Crippen molar-refractivity contribution in [3.05, 3.63) is 52.4 Å². The minimum absolute atomic E-state index is 0.153. The van der Waals surface area contributed by atoms with Crippen molar-refractivity contribution in [2.75, 3.05) is 10.6 Å². The van der Waals surface area contributed by atoms with Gasteiger partial charge in [-0.05, 0) is 25.1 Å². The summed E-state index contributed by atoms with van der Waals surface area (Å²) in [4.78, 5) is 12.0. The van der Waals surface area contributed by atoms with E-state index in [2.05, 4.69) is 15.8 Å². The van der Waals surface area contributed by atoms with Crippen LogP contribution in [0.3, 0.4) is 0 Å². The smallest absolute Gasteiger partial charge is 0.360 e. The molecular formula is C15H10ClF3N4O2. The Hall–Kier alpha value is -2.99. The van der Waals surface area contributed by atoms with Crippen LogP contribution in [0, 0.1) is 18.3 Å². The highest BCUT2D eigenvalue weighted by atomic mass is 35.5. The van der Waals surface area contributed by atoms with E-state index in [1.165, 1.54) is 12.1 Å². The summed E-state index contributed by atoms with van der Waals surface area (Å²) in [7, 11) is 0. The van der Waals surface area contributed by atoms with Crippen LogP contribution in [0.25, 0.3) is 0 Å². The van der Waals surface area contributed by atoms with Gasteiger partial charge in [-0.25, -0.2) is 0 Å². The van der Waals surface area contributed by atoms with Crippen LogP contribution in [-0.2, 0) is 11.0 Å². The van der Waals surface area contributed by atoms with Crippen molar-refractivity contribution in [1.29, 1.82) is 5.26 Å². The third kappa shape index (κ3) is 4.74. The van der Waals surface area contributed by atoms with Crippen molar-refractivity contribution in [3.8, 4) is 6.07 Å². The lowest BCUT2D eigenvalue weighted by Gasteiger charge is -2.11. The first-order valence-corrected chi connectivity index (χ1v) is 7.06. The molecule has 0 saturated heterocycles. The number of nitriles is 1. The molecule has 0 spiro atoms. The van der Waals surface area contributed by atoms with Crippen LogP contribution >= 0.6 is 11.6 Å². The van der Waals surface area contributed by atoms with E-state index < -0.39 is 22.7 Å². The van der Waals surface area contributed by atoms with Crippen LogP contribution in [0.2, 0.25) is 5.02 Å². The molecule has 10 heteroatoms. The third-order valence-electron chi connectivity index (χ3n) is 2.89. The van der Waals surface area contributed by atoms with E-state index >= 15 is 0 Å². The average Bonchev–Trinajstić information content (AvgIpc) is 2.94. The summed E-state index contributed by atoms with van der Waals surface area (Å²) in [5.74, 6) is -0.116.